The number of benzene rings is 2. The monoisotopic (exact) mass is 391 g/mol. The van der Waals surface area contributed by atoms with Gasteiger partial charge in [-0.2, -0.15) is 0 Å². The van der Waals surface area contributed by atoms with Crippen molar-refractivity contribution in [1.29, 1.82) is 0 Å². The topological polar surface area (TPSA) is 48.6 Å². The summed E-state index contributed by atoms with van der Waals surface area (Å²) >= 11 is 0. The second kappa shape index (κ2) is 8.70. The van der Waals surface area contributed by atoms with E-state index >= 15 is 0 Å². The summed E-state index contributed by atoms with van der Waals surface area (Å²) in [5.41, 5.74) is 4.53. The number of hydrogen-bond donors (Lipinski definition) is 1. The molecule has 2 heterocycles. The number of carbonyl (C=O) groups is 1. The molecular formula is C24H29N3O2. The highest BCUT2D eigenvalue weighted by Crippen LogP contribution is 2.32. The summed E-state index contributed by atoms with van der Waals surface area (Å²) < 4.78 is 5.29. The summed E-state index contributed by atoms with van der Waals surface area (Å²) in [6.07, 6.45) is 2.32. The molecule has 1 aliphatic heterocycles. The molecule has 0 unspecified atom stereocenters. The van der Waals surface area contributed by atoms with Crippen LogP contribution in [-0.4, -0.2) is 61.0 Å². The number of carbonyl (C=O) groups excluding carboxylic acids is 1. The number of H-pyrrole nitrogens is 1. The number of nitrogens with one attached hydrogen (secondary N) is 1. The van der Waals surface area contributed by atoms with Gasteiger partial charge in [0.25, 0.3) is 0 Å². The van der Waals surface area contributed by atoms with Crippen LogP contribution in [0.25, 0.3) is 22.2 Å². The zero-order valence-electron chi connectivity index (χ0n) is 17.3. The van der Waals surface area contributed by atoms with E-state index in [0.29, 0.717) is 6.42 Å². The first-order valence-electron chi connectivity index (χ1n) is 10.4. The largest absolute Gasteiger partial charge is 0.497 e. The van der Waals surface area contributed by atoms with Crippen LogP contribution in [0.3, 0.4) is 0 Å². The Kier molecular flexibility index (Phi) is 5.86. The molecule has 1 saturated heterocycles. The minimum Gasteiger partial charge on any atom is -0.497 e. The third-order valence-corrected chi connectivity index (χ3v) is 5.85. The molecule has 0 spiro atoms. The van der Waals surface area contributed by atoms with Gasteiger partial charge in [-0.3, -0.25) is 4.79 Å². The van der Waals surface area contributed by atoms with Crippen molar-refractivity contribution in [2.75, 3.05) is 40.3 Å². The SMILES string of the molecule is COc1ccc(-c2[nH]c3ccccc3c2CCC(=O)N2CCCN(C)CC2)cc1. The minimum absolute atomic E-state index is 0.256. The third-order valence-electron chi connectivity index (χ3n) is 5.85. The van der Waals surface area contributed by atoms with Crippen LogP contribution in [0, 0.1) is 0 Å². The number of hydrogen-bond acceptors (Lipinski definition) is 3. The van der Waals surface area contributed by atoms with Gasteiger partial charge in [0, 0.05) is 42.7 Å². The number of para-hydroxylation sites is 1. The van der Waals surface area contributed by atoms with Gasteiger partial charge in [0.2, 0.25) is 5.91 Å². The van der Waals surface area contributed by atoms with Crippen LogP contribution >= 0.6 is 0 Å². The Bertz CT molecular complexity index is 977. The van der Waals surface area contributed by atoms with Gasteiger partial charge in [0.05, 0.1) is 7.11 Å². The smallest absolute Gasteiger partial charge is 0.222 e. The Balaban J connectivity index is 1.58. The van der Waals surface area contributed by atoms with Crippen molar-refractivity contribution in [3.05, 3.63) is 54.1 Å². The van der Waals surface area contributed by atoms with E-state index in [1.165, 1.54) is 10.9 Å². The normalized spacial score (nSPS) is 15.4. The molecule has 5 nitrogen and oxygen atoms in total. The molecule has 29 heavy (non-hydrogen) atoms. The molecule has 0 radical (unpaired) electrons. The van der Waals surface area contributed by atoms with Crippen LogP contribution in [0.4, 0.5) is 0 Å². The van der Waals surface area contributed by atoms with E-state index in [-0.39, 0.29) is 5.91 Å². The molecular weight excluding hydrogens is 362 g/mol. The lowest BCUT2D eigenvalue weighted by Crippen LogP contribution is -2.34. The molecule has 1 aliphatic rings. The summed E-state index contributed by atoms with van der Waals surface area (Å²) in [7, 11) is 3.80. The number of rotatable bonds is 5. The fraction of sp³-hybridized carbons (Fsp3) is 0.375. The highest BCUT2D eigenvalue weighted by molar-refractivity contribution is 5.91. The lowest BCUT2D eigenvalue weighted by atomic mass is 10.0. The van der Waals surface area contributed by atoms with E-state index in [1.807, 2.05) is 23.1 Å². The Morgan fingerprint density at radius 2 is 1.83 bits per heavy atom. The lowest BCUT2D eigenvalue weighted by molar-refractivity contribution is -0.131. The highest BCUT2D eigenvalue weighted by Gasteiger charge is 2.19. The highest BCUT2D eigenvalue weighted by atomic mass is 16.5. The van der Waals surface area contributed by atoms with E-state index in [4.69, 9.17) is 4.74 Å². The third kappa shape index (κ3) is 4.30. The van der Waals surface area contributed by atoms with Gasteiger partial charge in [-0.25, -0.2) is 0 Å². The quantitative estimate of drug-likeness (QED) is 0.717. The first kappa shape index (κ1) is 19.5. The first-order valence-corrected chi connectivity index (χ1v) is 10.4. The number of fused-ring (bicyclic) bond motifs is 1. The second-order valence-electron chi connectivity index (χ2n) is 7.79. The fourth-order valence-electron chi connectivity index (χ4n) is 4.15. The minimum atomic E-state index is 0.256. The molecule has 1 amide bonds. The molecule has 1 N–H and O–H groups in total. The van der Waals surface area contributed by atoms with Crippen molar-refractivity contribution in [1.82, 2.24) is 14.8 Å². The average Bonchev–Trinajstić information content (AvgIpc) is 2.98. The maximum Gasteiger partial charge on any atom is 0.222 e. The van der Waals surface area contributed by atoms with Crippen LogP contribution in [0.15, 0.2) is 48.5 Å². The second-order valence-corrected chi connectivity index (χ2v) is 7.79. The van der Waals surface area contributed by atoms with Crippen molar-refractivity contribution >= 4 is 16.8 Å². The predicted molar refractivity (Wildman–Crippen MR) is 117 cm³/mol. The first-order chi connectivity index (χ1) is 14.2. The molecule has 0 saturated carbocycles. The number of methoxy groups -OCH3 is 1. The predicted octanol–water partition coefficient (Wildman–Crippen LogP) is 3.94. The molecule has 0 aliphatic carbocycles. The van der Waals surface area contributed by atoms with E-state index < -0.39 is 0 Å². The van der Waals surface area contributed by atoms with Crippen molar-refractivity contribution in [2.24, 2.45) is 0 Å². The van der Waals surface area contributed by atoms with Crippen LogP contribution in [0.1, 0.15) is 18.4 Å². The number of likely N-dealkylation sites (N-methyl/N-ethyl adjacent to an activating group) is 1. The molecule has 1 aromatic heterocycles. The average molecular weight is 392 g/mol. The molecule has 152 valence electrons. The van der Waals surface area contributed by atoms with Crippen molar-refractivity contribution in [2.45, 2.75) is 19.3 Å². The Hall–Kier alpha value is -2.79. The molecule has 1 fully saturated rings. The molecule has 5 heteroatoms. The van der Waals surface area contributed by atoms with Crippen LogP contribution in [0.2, 0.25) is 0 Å². The number of amides is 1. The van der Waals surface area contributed by atoms with Gasteiger partial charge in [-0.05, 0) is 67.9 Å². The molecule has 3 aromatic rings. The van der Waals surface area contributed by atoms with E-state index in [0.717, 1.165) is 61.5 Å². The molecule has 4 rings (SSSR count). The zero-order chi connectivity index (χ0) is 20.2. The van der Waals surface area contributed by atoms with Crippen molar-refractivity contribution in [3.8, 4) is 17.0 Å². The molecule has 0 bridgehead atoms. The number of aryl methyl sites for hydroxylation is 1. The van der Waals surface area contributed by atoms with Crippen LogP contribution in [-0.2, 0) is 11.2 Å². The molecule has 0 atom stereocenters. The van der Waals surface area contributed by atoms with Crippen molar-refractivity contribution in [3.63, 3.8) is 0 Å². The lowest BCUT2D eigenvalue weighted by Gasteiger charge is -2.20. The van der Waals surface area contributed by atoms with E-state index in [2.05, 4.69) is 47.3 Å². The van der Waals surface area contributed by atoms with Crippen LogP contribution < -0.4 is 4.74 Å². The number of nitrogens with zero attached hydrogens (tertiary/aromatic N) is 2. The molecule has 2 aromatic carbocycles. The summed E-state index contributed by atoms with van der Waals surface area (Å²) in [5, 5.41) is 1.20. The van der Waals surface area contributed by atoms with Gasteiger partial charge in [0.1, 0.15) is 5.75 Å². The summed E-state index contributed by atoms with van der Waals surface area (Å²) in [4.78, 5) is 20.8. The van der Waals surface area contributed by atoms with Gasteiger partial charge >= 0.3 is 0 Å². The van der Waals surface area contributed by atoms with Gasteiger partial charge in [-0.15, -0.1) is 0 Å². The maximum atomic E-state index is 12.9. The number of ether oxygens (including phenoxy) is 1. The van der Waals surface area contributed by atoms with Gasteiger partial charge < -0.3 is 19.5 Å². The summed E-state index contributed by atoms with van der Waals surface area (Å²) in [6, 6.07) is 16.4. The Morgan fingerprint density at radius 3 is 2.62 bits per heavy atom. The van der Waals surface area contributed by atoms with Gasteiger partial charge in [0.15, 0.2) is 0 Å². The van der Waals surface area contributed by atoms with Gasteiger partial charge in [-0.1, -0.05) is 18.2 Å². The van der Waals surface area contributed by atoms with Crippen molar-refractivity contribution < 1.29 is 9.53 Å². The number of aromatic amines is 1. The summed E-state index contributed by atoms with van der Waals surface area (Å²) in [6.45, 7) is 3.71. The zero-order valence-corrected chi connectivity index (χ0v) is 17.3. The summed E-state index contributed by atoms with van der Waals surface area (Å²) in [5.74, 6) is 1.10. The Labute approximate surface area is 172 Å². The van der Waals surface area contributed by atoms with E-state index in [9.17, 15) is 4.79 Å². The fourth-order valence-corrected chi connectivity index (χ4v) is 4.15. The van der Waals surface area contributed by atoms with E-state index in [1.54, 1.807) is 7.11 Å². The maximum absolute atomic E-state index is 12.9. The Morgan fingerprint density at radius 1 is 1.03 bits per heavy atom. The standard InChI is InChI=1S/C24H29N3O2/c1-26-14-5-15-27(17-16-26)23(28)13-12-21-20-6-3-4-7-22(20)25-24(21)18-8-10-19(29-2)11-9-18/h3-4,6-11,25H,5,12-17H2,1-2H3. The van der Waals surface area contributed by atoms with Crippen LogP contribution in [0.5, 0.6) is 5.75 Å². The number of aromatic nitrogens is 1.